The van der Waals surface area contributed by atoms with Crippen molar-refractivity contribution in [3.63, 3.8) is 0 Å². The number of primary sulfonamides is 1. The Bertz CT molecular complexity index is 1070. The van der Waals surface area contributed by atoms with Crippen LogP contribution in [-0.4, -0.2) is 44.7 Å². The molecule has 11 heteroatoms. The van der Waals surface area contributed by atoms with Crippen molar-refractivity contribution in [1.29, 1.82) is 0 Å². The van der Waals surface area contributed by atoms with Gasteiger partial charge in [0, 0.05) is 25.2 Å². The maximum Gasteiger partial charge on any atom is 0.238 e. The second-order valence-electron chi connectivity index (χ2n) is 6.80. The van der Waals surface area contributed by atoms with Crippen LogP contribution in [0.15, 0.2) is 52.5 Å². The number of nitrogens with zero attached hydrogens (tertiary/aromatic N) is 2. The Kier molecular flexibility index (Phi) is 5.20. The number of amidine groups is 1. The number of nitrogens with one attached hydrogen (secondary N) is 4. The molecule has 2 aromatic carbocycles. The third kappa shape index (κ3) is 4.22. The van der Waals surface area contributed by atoms with Crippen molar-refractivity contribution >= 4 is 21.8 Å². The zero-order valence-electron chi connectivity index (χ0n) is 15.5. The monoisotopic (exact) mass is 415 g/mol. The first-order valence-corrected chi connectivity index (χ1v) is 10.5. The van der Waals surface area contributed by atoms with E-state index in [0.717, 1.165) is 17.7 Å². The van der Waals surface area contributed by atoms with Gasteiger partial charge in [0.15, 0.2) is 5.84 Å². The lowest BCUT2D eigenvalue weighted by Gasteiger charge is -2.26. The summed E-state index contributed by atoms with van der Waals surface area (Å²) in [5, 5.41) is 12.3. The number of carbonyl (C=O) groups is 1. The van der Waals surface area contributed by atoms with Crippen LogP contribution in [0.1, 0.15) is 11.1 Å². The maximum absolute atomic E-state index is 12.1. The number of hydrogen-bond acceptors (Lipinski definition) is 8. The number of sulfonamides is 1. The van der Waals surface area contributed by atoms with E-state index in [4.69, 9.17) is 5.14 Å². The van der Waals surface area contributed by atoms with Crippen LogP contribution in [0.3, 0.4) is 0 Å². The molecule has 0 spiro atoms. The minimum atomic E-state index is -3.95. The van der Waals surface area contributed by atoms with E-state index >= 15 is 0 Å². The molecule has 10 nitrogen and oxygen atoms in total. The van der Waals surface area contributed by atoms with Gasteiger partial charge in [-0.05, 0) is 22.8 Å². The van der Waals surface area contributed by atoms with Crippen LogP contribution < -0.4 is 27.0 Å². The molecule has 0 bridgehead atoms. The first-order valence-electron chi connectivity index (χ1n) is 9.00. The van der Waals surface area contributed by atoms with Crippen LogP contribution in [0.5, 0.6) is 0 Å². The van der Waals surface area contributed by atoms with Gasteiger partial charge in [-0.1, -0.05) is 36.4 Å². The highest BCUT2D eigenvalue weighted by molar-refractivity contribution is 7.89. The fourth-order valence-electron chi connectivity index (χ4n) is 3.44. The van der Waals surface area contributed by atoms with Gasteiger partial charge in [-0.3, -0.25) is 15.1 Å². The molecular weight excluding hydrogens is 394 g/mol. The molecule has 2 aliphatic rings. The Morgan fingerprint density at radius 1 is 1.14 bits per heavy atom. The Hall–Kier alpha value is -2.99. The fourth-order valence-corrected chi connectivity index (χ4v) is 4.20. The van der Waals surface area contributed by atoms with E-state index < -0.39 is 10.0 Å². The van der Waals surface area contributed by atoms with E-state index in [1.165, 1.54) is 6.07 Å². The van der Waals surface area contributed by atoms with Crippen LogP contribution >= 0.6 is 0 Å². The number of amides is 1. The lowest BCUT2D eigenvalue weighted by molar-refractivity contribution is -0.124. The normalized spacial score (nSPS) is 17.3. The number of benzene rings is 2. The van der Waals surface area contributed by atoms with Crippen molar-refractivity contribution in [2.45, 2.75) is 11.4 Å². The minimum absolute atomic E-state index is 0.0184. The largest absolute Gasteiger partial charge is 0.354 e. The molecule has 6 N–H and O–H groups in total. The summed E-state index contributed by atoms with van der Waals surface area (Å²) in [7, 11) is -3.95. The molecule has 0 unspecified atom stereocenters. The summed E-state index contributed by atoms with van der Waals surface area (Å²) in [6.07, 6.45) is 0. The smallest absolute Gasteiger partial charge is 0.238 e. The molecule has 4 rings (SSSR count). The number of hydrazine groups is 2. The van der Waals surface area contributed by atoms with Gasteiger partial charge in [0.2, 0.25) is 15.9 Å². The summed E-state index contributed by atoms with van der Waals surface area (Å²) in [6.45, 7) is 2.50. The third-order valence-corrected chi connectivity index (χ3v) is 5.72. The summed E-state index contributed by atoms with van der Waals surface area (Å²) in [5.74, 6) is 0.359. The Balaban J connectivity index is 1.67. The third-order valence-electron chi connectivity index (χ3n) is 4.76. The van der Waals surface area contributed by atoms with Gasteiger partial charge in [-0.2, -0.15) is 0 Å². The van der Waals surface area contributed by atoms with Gasteiger partial charge in [0.25, 0.3) is 0 Å². The van der Waals surface area contributed by atoms with Gasteiger partial charge in [0.05, 0.1) is 11.4 Å². The quantitative estimate of drug-likeness (QED) is 0.431. The maximum atomic E-state index is 12.1. The SMILES string of the molecule is NS(=O)(=O)c1cccc(-c2ccc(CN3CCNC(=O)C3)cc2)c1C1=NNNN1. The molecule has 0 saturated carbocycles. The van der Waals surface area contributed by atoms with E-state index in [2.05, 4.69) is 31.8 Å². The number of nitrogens with two attached hydrogens (primary N) is 1. The molecule has 29 heavy (non-hydrogen) atoms. The Labute approximate surface area is 168 Å². The molecule has 1 amide bonds. The summed E-state index contributed by atoms with van der Waals surface area (Å²) < 4.78 is 24.2. The zero-order valence-corrected chi connectivity index (χ0v) is 16.3. The highest BCUT2D eigenvalue weighted by Gasteiger charge is 2.24. The molecule has 0 atom stereocenters. The van der Waals surface area contributed by atoms with E-state index in [0.29, 0.717) is 36.6 Å². The van der Waals surface area contributed by atoms with E-state index in [9.17, 15) is 13.2 Å². The predicted molar refractivity (Wildman–Crippen MR) is 107 cm³/mol. The zero-order chi connectivity index (χ0) is 20.4. The molecule has 152 valence electrons. The fraction of sp³-hybridized carbons (Fsp3) is 0.222. The summed E-state index contributed by atoms with van der Waals surface area (Å²) >= 11 is 0. The molecule has 2 aliphatic heterocycles. The van der Waals surface area contributed by atoms with Crippen molar-refractivity contribution in [3.8, 4) is 11.1 Å². The second kappa shape index (κ2) is 7.79. The average molecular weight is 415 g/mol. The molecule has 2 aromatic rings. The molecule has 0 aromatic heterocycles. The Morgan fingerprint density at radius 2 is 1.93 bits per heavy atom. The van der Waals surface area contributed by atoms with Crippen molar-refractivity contribution in [2.24, 2.45) is 10.2 Å². The standard InChI is InChI=1S/C18H21N7O3S/c19-29(27,28)15-3-1-2-14(17(15)18-21-23-24-22-18)13-6-4-12(5-7-13)10-25-9-8-20-16(26)11-25/h1-7,23-24H,8-11H2,(H,20,26)(H,21,22)(H2,19,27,28). The lowest BCUT2D eigenvalue weighted by atomic mass is 9.97. The summed E-state index contributed by atoms with van der Waals surface area (Å²) in [5.41, 5.74) is 10.9. The summed E-state index contributed by atoms with van der Waals surface area (Å²) in [6, 6.07) is 12.7. The predicted octanol–water partition coefficient (Wildman–Crippen LogP) is -0.793. The van der Waals surface area contributed by atoms with Gasteiger partial charge in [-0.15, -0.1) is 10.6 Å². The molecule has 2 heterocycles. The highest BCUT2D eigenvalue weighted by atomic mass is 32.2. The van der Waals surface area contributed by atoms with Crippen molar-refractivity contribution < 1.29 is 13.2 Å². The number of carbonyl (C=O) groups excluding carboxylic acids is 1. The lowest BCUT2D eigenvalue weighted by Crippen LogP contribution is -2.47. The van der Waals surface area contributed by atoms with Crippen LogP contribution in [0, 0.1) is 0 Å². The van der Waals surface area contributed by atoms with Crippen molar-refractivity contribution in [3.05, 3.63) is 53.6 Å². The van der Waals surface area contributed by atoms with Gasteiger partial charge in [0.1, 0.15) is 0 Å². The van der Waals surface area contributed by atoms with E-state index in [1.54, 1.807) is 6.07 Å². The van der Waals surface area contributed by atoms with Crippen LogP contribution in [0.4, 0.5) is 0 Å². The first kappa shape index (κ1) is 19.3. The summed E-state index contributed by atoms with van der Waals surface area (Å²) in [4.78, 5) is 13.6. The number of hydrogen-bond donors (Lipinski definition) is 5. The second-order valence-corrected chi connectivity index (χ2v) is 8.33. The van der Waals surface area contributed by atoms with Crippen LogP contribution in [0.2, 0.25) is 0 Å². The molecule has 1 fully saturated rings. The van der Waals surface area contributed by atoms with Gasteiger partial charge in [-0.25, -0.2) is 19.1 Å². The molecule has 0 aliphatic carbocycles. The van der Waals surface area contributed by atoms with Gasteiger partial charge >= 0.3 is 0 Å². The molecule has 1 saturated heterocycles. The minimum Gasteiger partial charge on any atom is -0.354 e. The number of hydrazone groups is 1. The average Bonchev–Trinajstić information content (AvgIpc) is 3.22. The topological polar surface area (TPSA) is 141 Å². The Morgan fingerprint density at radius 3 is 2.59 bits per heavy atom. The first-order chi connectivity index (χ1) is 13.9. The molecule has 0 radical (unpaired) electrons. The number of rotatable bonds is 5. The molecular formula is C18H21N7O3S. The van der Waals surface area contributed by atoms with Crippen LogP contribution in [0.25, 0.3) is 11.1 Å². The van der Waals surface area contributed by atoms with Crippen LogP contribution in [-0.2, 0) is 21.4 Å². The number of piperazine rings is 1. The van der Waals surface area contributed by atoms with Crippen molar-refractivity contribution in [2.75, 3.05) is 19.6 Å². The van der Waals surface area contributed by atoms with E-state index in [-0.39, 0.29) is 10.8 Å². The van der Waals surface area contributed by atoms with E-state index in [1.807, 2.05) is 30.3 Å². The van der Waals surface area contributed by atoms with Gasteiger partial charge < -0.3 is 5.32 Å². The van der Waals surface area contributed by atoms with Crippen molar-refractivity contribution in [1.82, 2.24) is 26.7 Å². The highest BCUT2D eigenvalue weighted by Crippen LogP contribution is 2.29.